The molecule has 4 rings (SSSR count). The van der Waals surface area contributed by atoms with E-state index in [1.54, 1.807) is 13.0 Å². The molecule has 0 amide bonds. The summed E-state index contributed by atoms with van der Waals surface area (Å²) in [5, 5.41) is 0. The zero-order chi connectivity index (χ0) is 19.3. The van der Waals surface area contributed by atoms with Crippen molar-refractivity contribution in [2.75, 3.05) is 6.61 Å². The van der Waals surface area contributed by atoms with Crippen LogP contribution in [0.3, 0.4) is 0 Å². The van der Waals surface area contributed by atoms with E-state index in [9.17, 15) is 4.79 Å². The Hall–Kier alpha value is -3.60. The molecule has 140 valence electrons. The number of oxazole rings is 1. The second-order valence-corrected chi connectivity index (χ2v) is 6.14. The first-order valence-corrected chi connectivity index (χ1v) is 9.09. The zero-order valence-electron chi connectivity index (χ0n) is 15.4. The van der Waals surface area contributed by atoms with Gasteiger partial charge in [0.2, 0.25) is 12.0 Å². The molecule has 1 atom stereocenters. The lowest BCUT2D eigenvalue weighted by molar-refractivity contribution is -0.151. The Morgan fingerprint density at radius 3 is 2.46 bits per heavy atom. The average Bonchev–Trinajstić information content (AvgIpc) is 3.17. The monoisotopic (exact) mass is 373 g/mol. The molecule has 0 fully saturated rings. The largest absolute Gasteiger partial charge is 0.473 e. The first kappa shape index (κ1) is 17.8. The molecule has 0 aliphatic rings. The predicted octanol–water partition coefficient (Wildman–Crippen LogP) is 5.18. The van der Waals surface area contributed by atoms with Crippen LogP contribution in [-0.4, -0.2) is 17.6 Å². The number of nitrogens with zero attached hydrogens (tertiary/aromatic N) is 1. The van der Waals surface area contributed by atoms with Crippen molar-refractivity contribution in [1.82, 2.24) is 4.98 Å². The Kier molecular flexibility index (Phi) is 5.06. The molecular formula is C23H19NO4. The van der Waals surface area contributed by atoms with Crippen LogP contribution in [0.15, 0.2) is 83.3 Å². The number of carbonyl (C=O) groups excluding carboxylic acids is 1. The maximum absolute atomic E-state index is 12.6. The Morgan fingerprint density at radius 1 is 0.964 bits per heavy atom. The zero-order valence-corrected chi connectivity index (χ0v) is 15.4. The van der Waals surface area contributed by atoms with Crippen LogP contribution in [0, 0.1) is 0 Å². The van der Waals surface area contributed by atoms with Crippen molar-refractivity contribution >= 4 is 17.1 Å². The third kappa shape index (κ3) is 3.60. The summed E-state index contributed by atoms with van der Waals surface area (Å²) in [5.41, 5.74) is 2.84. The average molecular weight is 373 g/mol. The Morgan fingerprint density at radius 2 is 1.68 bits per heavy atom. The van der Waals surface area contributed by atoms with Crippen LogP contribution in [0.2, 0.25) is 0 Å². The molecule has 1 unspecified atom stereocenters. The van der Waals surface area contributed by atoms with Gasteiger partial charge in [0.1, 0.15) is 11.3 Å². The van der Waals surface area contributed by atoms with E-state index in [1.807, 2.05) is 72.8 Å². The number of hydrogen-bond acceptors (Lipinski definition) is 5. The lowest BCUT2D eigenvalue weighted by atomic mass is 10.1. The molecule has 1 heterocycles. The van der Waals surface area contributed by atoms with Crippen LogP contribution in [-0.2, 0) is 9.53 Å². The number of benzene rings is 3. The maximum atomic E-state index is 12.6. The summed E-state index contributed by atoms with van der Waals surface area (Å²) in [7, 11) is 0. The number of carbonyl (C=O) groups is 1. The van der Waals surface area contributed by atoms with Gasteiger partial charge in [-0.2, -0.15) is 0 Å². The fourth-order valence-electron chi connectivity index (χ4n) is 2.96. The van der Waals surface area contributed by atoms with Crippen LogP contribution in [0.4, 0.5) is 0 Å². The van der Waals surface area contributed by atoms with Crippen molar-refractivity contribution in [3.63, 3.8) is 0 Å². The van der Waals surface area contributed by atoms with Gasteiger partial charge in [0, 0.05) is 5.56 Å². The molecule has 0 spiro atoms. The smallest absolute Gasteiger partial charge is 0.352 e. The fraction of sp³-hybridized carbons (Fsp3) is 0.130. The second-order valence-electron chi connectivity index (χ2n) is 6.14. The minimum absolute atomic E-state index is 0.276. The minimum atomic E-state index is -0.883. The van der Waals surface area contributed by atoms with E-state index in [-0.39, 0.29) is 6.61 Å². The van der Waals surface area contributed by atoms with Gasteiger partial charge in [-0.1, -0.05) is 54.6 Å². The van der Waals surface area contributed by atoms with Crippen molar-refractivity contribution in [2.45, 2.75) is 13.0 Å². The summed E-state index contributed by atoms with van der Waals surface area (Å²) in [6.45, 7) is 2.05. The fourth-order valence-corrected chi connectivity index (χ4v) is 2.96. The standard InChI is InChI=1S/C23H19NO4/c1-2-26-23(25)21(16-10-4-3-5-11-16)27-19-14-8-6-12-17(19)22-24-18-13-7-9-15-20(18)28-22/h3-15,21H,2H2,1H3. The number of para-hydroxylation sites is 3. The molecule has 0 aliphatic heterocycles. The van der Waals surface area contributed by atoms with Crippen LogP contribution < -0.4 is 4.74 Å². The number of hydrogen-bond donors (Lipinski definition) is 0. The van der Waals surface area contributed by atoms with Gasteiger partial charge < -0.3 is 13.9 Å². The van der Waals surface area contributed by atoms with E-state index in [4.69, 9.17) is 13.9 Å². The lowest BCUT2D eigenvalue weighted by Gasteiger charge is -2.19. The number of aromatic nitrogens is 1. The topological polar surface area (TPSA) is 61.6 Å². The third-order valence-electron chi connectivity index (χ3n) is 4.26. The number of ether oxygens (including phenoxy) is 2. The van der Waals surface area contributed by atoms with Crippen molar-refractivity contribution in [1.29, 1.82) is 0 Å². The van der Waals surface area contributed by atoms with Gasteiger partial charge in [-0.25, -0.2) is 9.78 Å². The van der Waals surface area contributed by atoms with E-state index in [0.717, 1.165) is 5.52 Å². The first-order valence-electron chi connectivity index (χ1n) is 9.09. The van der Waals surface area contributed by atoms with Gasteiger partial charge in [0.15, 0.2) is 5.58 Å². The molecular weight excluding hydrogens is 354 g/mol. The predicted molar refractivity (Wildman–Crippen MR) is 106 cm³/mol. The van der Waals surface area contributed by atoms with E-state index in [1.165, 1.54) is 0 Å². The molecule has 28 heavy (non-hydrogen) atoms. The van der Waals surface area contributed by atoms with Crippen molar-refractivity contribution < 1.29 is 18.7 Å². The number of fused-ring (bicyclic) bond motifs is 1. The molecule has 5 heteroatoms. The van der Waals surface area contributed by atoms with Gasteiger partial charge in [-0.3, -0.25) is 0 Å². The molecule has 0 bridgehead atoms. The Balaban J connectivity index is 1.73. The van der Waals surface area contributed by atoms with Crippen LogP contribution in [0.5, 0.6) is 5.75 Å². The van der Waals surface area contributed by atoms with E-state index in [0.29, 0.717) is 28.4 Å². The number of rotatable bonds is 6. The summed E-state index contributed by atoms with van der Waals surface area (Å²) < 4.78 is 17.2. The molecule has 0 aliphatic carbocycles. The normalized spacial score (nSPS) is 11.9. The highest BCUT2D eigenvalue weighted by atomic mass is 16.6. The van der Waals surface area contributed by atoms with Crippen molar-refractivity contribution in [2.24, 2.45) is 0 Å². The van der Waals surface area contributed by atoms with Crippen LogP contribution >= 0.6 is 0 Å². The van der Waals surface area contributed by atoms with Gasteiger partial charge in [-0.05, 0) is 31.2 Å². The first-order chi connectivity index (χ1) is 13.8. The maximum Gasteiger partial charge on any atom is 0.352 e. The van der Waals surface area contributed by atoms with Crippen LogP contribution in [0.1, 0.15) is 18.6 Å². The highest BCUT2D eigenvalue weighted by molar-refractivity contribution is 5.79. The quantitative estimate of drug-likeness (QED) is 0.436. The molecule has 1 aromatic heterocycles. The van der Waals surface area contributed by atoms with Gasteiger partial charge >= 0.3 is 5.97 Å². The molecule has 0 N–H and O–H groups in total. The highest BCUT2D eigenvalue weighted by Crippen LogP contribution is 2.34. The Bertz CT molecular complexity index is 1050. The van der Waals surface area contributed by atoms with Gasteiger partial charge in [0.05, 0.1) is 12.2 Å². The summed E-state index contributed by atoms with van der Waals surface area (Å²) in [6.07, 6.45) is -0.883. The Labute approximate surface area is 162 Å². The molecule has 5 nitrogen and oxygen atoms in total. The van der Waals surface area contributed by atoms with Crippen molar-refractivity contribution in [3.8, 4) is 17.2 Å². The van der Waals surface area contributed by atoms with Gasteiger partial charge in [-0.15, -0.1) is 0 Å². The molecule has 0 radical (unpaired) electrons. The summed E-state index contributed by atoms with van der Waals surface area (Å²) in [5.74, 6) is 0.490. The van der Waals surface area contributed by atoms with Crippen LogP contribution in [0.25, 0.3) is 22.6 Å². The number of esters is 1. The summed E-state index contributed by atoms with van der Waals surface area (Å²) in [6, 6.07) is 24.2. The van der Waals surface area contributed by atoms with E-state index in [2.05, 4.69) is 4.98 Å². The van der Waals surface area contributed by atoms with Gasteiger partial charge in [0.25, 0.3) is 0 Å². The minimum Gasteiger partial charge on any atom is -0.473 e. The molecule has 4 aromatic rings. The van der Waals surface area contributed by atoms with Crippen molar-refractivity contribution in [3.05, 3.63) is 84.4 Å². The van der Waals surface area contributed by atoms with E-state index < -0.39 is 12.1 Å². The second kappa shape index (κ2) is 7.96. The summed E-state index contributed by atoms with van der Waals surface area (Å²) >= 11 is 0. The van der Waals surface area contributed by atoms with E-state index >= 15 is 0 Å². The SMILES string of the molecule is CCOC(=O)C(Oc1ccccc1-c1nc2ccccc2o1)c1ccccc1. The molecule has 0 saturated heterocycles. The lowest BCUT2D eigenvalue weighted by Crippen LogP contribution is -2.21. The molecule has 3 aromatic carbocycles. The summed E-state index contributed by atoms with van der Waals surface area (Å²) in [4.78, 5) is 17.1. The third-order valence-corrected chi connectivity index (χ3v) is 4.26. The molecule has 0 saturated carbocycles. The highest BCUT2D eigenvalue weighted by Gasteiger charge is 2.26.